The van der Waals surface area contributed by atoms with Gasteiger partial charge in [0, 0.05) is 31.9 Å². The van der Waals surface area contributed by atoms with E-state index in [0.717, 1.165) is 25.5 Å². The minimum atomic E-state index is 0.399. The van der Waals surface area contributed by atoms with Gasteiger partial charge >= 0.3 is 0 Å². The Morgan fingerprint density at radius 1 is 1.39 bits per heavy atom. The molecule has 0 bridgehead atoms. The van der Waals surface area contributed by atoms with E-state index in [1.807, 2.05) is 12.3 Å². The number of hydrogen-bond donors (Lipinski definition) is 1. The van der Waals surface area contributed by atoms with Crippen molar-refractivity contribution < 1.29 is 0 Å². The average molecular weight is 244 g/mol. The molecule has 1 saturated heterocycles. The molecule has 3 rings (SSSR count). The Kier molecular flexibility index (Phi) is 3.04. The molecule has 6 heteroatoms. The topological polar surface area (TPSA) is 58.9 Å². The third kappa shape index (κ3) is 2.12. The Balaban J connectivity index is 1.82. The number of nitrogens with zero attached hydrogens (tertiary/aromatic N) is 5. The van der Waals surface area contributed by atoms with E-state index in [2.05, 4.69) is 38.4 Å². The first-order chi connectivity index (χ1) is 8.84. The van der Waals surface area contributed by atoms with E-state index in [-0.39, 0.29) is 0 Å². The van der Waals surface area contributed by atoms with Crippen LogP contribution in [-0.2, 0) is 0 Å². The van der Waals surface area contributed by atoms with Crippen molar-refractivity contribution in [2.75, 3.05) is 26.7 Å². The zero-order valence-corrected chi connectivity index (χ0v) is 10.3. The standard InChI is InChI=1S/C12H16N6/c1-17-5-4-13-7-11(17)10-2-3-12(15-6-10)18-9-14-8-16-18/h2-3,6,8-9,11,13H,4-5,7H2,1H3. The number of nitrogens with one attached hydrogen (secondary N) is 1. The fourth-order valence-corrected chi connectivity index (χ4v) is 2.23. The van der Waals surface area contributed by atoms with Crippen LogP contribution in [0.5, 0.6) is 0 Å². The Bertz CT molecular complexity index is 492. The van der Waals surface area contributed by atoms with Gasteiger partial charge in [0.25, 0.3) is 0 Å². The SMILES string of the molecule is CN1CCNCC1c1ccc(-n2cncn2)nc1. The van der Waals surface area contributed by atoms with E-state index in [1.54, 1.807) is 11.0 Å². The highest BCUT2D eigenvalue weighted by Gasteiger charge is 2.20. The quantitative estimate of drug-likeness (QED) is 0.820. The number of aromatic nitrogens is 4. The Hall–Kier alpha value is -1.79. The van der Waals surface area contributed by atoms with Crippen molar-refractivity contribution in [1.29, 1.82) is 0 Å². The van der Waals surface area contributed by atoms with Crippen LogP contribution in [0.25, 0.3) is 5.82 Å². The maximum atomic E-state index is 4.44. The highest BCUT2D eigenvalue weighted by molar-refractivity contribution is 5.26. The van der Waals surface area contributed by atoms with Crippen molar-refractivity contribution in [2.24, 2.45) is 0 Å². The molecule has 0 saturated carbocycles. The van der Waals surface area contributed by atoms with E-state index < -0.39 is 0 Å². The average Bonchev–Trinajstić information content (AvgIpc) is 2.94. The number of hydrogen-bond acceptors (Lipinski definition) is 5. The first-order valence-corrected chi connectivity index (χ1v) is 6.06. The maximum absolute atomic E-state index is 4.44. The molecule has 6 nitrogen and oxygen atoms in total. The predicted molar refractivity (Wildman–Crippen MR) is 67.4 cm³/mol. The summed E-state index contributed by atoms with van der Waals surface area (Å²) in [6, 6.07) is 4.49. The van der Waals surface area contributed by atoms with Gasteiger partial charge in [-0.15, -0.1) is 0 Å². The van der Waals surface area contributed by atoms with Gasteiger partial charge in [-0.1, -0.05) is 6.07 Å². The molecular formula is C12H16N6. The van der Waals surface area contributed by atoms with Crippen LogP contribution in [0.2, 0.25) is 0 Å². The Labute approximate surface area is 106 Å². The van der Waals surface area contributed by atoms with Crippen LogP contribution in [-0.4, -0.2) is 51.3 Å². The zero-order valence-electron chi connectivity index (χ0n) is 10.3. The minimum Gasteiger partial charge on any atom is -0.314 e. The molecule has 0 radical (unpaired) electrons. The van der Waals surface area contributed by atoms with Crippen molar-refractivity contribution >= 4 is 0 Å². The number of piperazine rings is 1. The largest absolute Gasteiger partial charge is 0.314 e. The van der Waals surface area contributed by atoms with Gasteiger partial charge in [-0.3, -0.25) is 4.90 Å². The van der Waals surface area contributed by atoms with Crippen LogP contribution in [0.3, 0.4) is 0 Å². The molecule has 18 heavy (non-hydrogen) atoms. The van der Waals surface area contributed by atoms with Crippen LogP contribution < -0.4 is 5.32 Å². The molecule has 0 amide bonds. The molecule has 2 aromatic rings. The van der Waals surface area contributed by atoms with Crippen molar-refractivity contribution in [1.82, 2.24) is 30.0 Å². The maximum Gasteiger partial charge on any atom is 0.155 e. The molecule has 1 aliphatic rings. The summed E-state index contributed by atoms with van der Waals surface area (Å²) in [4.78, 5) is 10.7. The highest BCUT2D eigenvalue weighted by Crippen LogP contribution is 2.20. The van der Waals surface area contributed by atoms with Crippen molar-refractivity contribution in [3.8, 4) is 5.82 Å². The van der Waals surface area contributed by atoms with Crippen LogP contribution in [0.4, 0.5) is 0 Å². The van der Waals surface area contributed by atoms with Crippen molar-refractivity contribution in [3.63, 3.8) is 0 Å². The second-order valence-electron chi connectivity index (χ2n) is 4.49. The molecule has 1 fully saturated rings. The predicted octanol–water partition coefficient (Wildman–Crippen LogP) is 0.238. The summed E-state index contributed by atoms with van der Waals surface area (Å²) >= 11 is 0. The first kappa shape index (κ1) is 11.3. The zero-order chi connectivity index (χ0) is 12.4. The molecule has 1 atom stereocenters. The van der Waals surface area contributed by atoms with Gasteiger partial charge in [0.1, 0.15) is 12.7 Å². The lowest BCUT2D eigenvalue weighted by Gasteiger charge is -2.33. The van der Waals surface area contributed by atoms with Crippen LogP contribution in [0.1, 0.15) is 11.6 Å². The number of rotatable bonds is 2. The fraction of sp³-hybridized carbons (Fsp3) is 0.417. The molecule has 1 aliphatic heterocycles. The Morgan fingerprint density at radius 2 is 2.33 bits per heavy atom. The molecule has 1 N–H and O–H groups in total. The lowest BCUT2D eigenvalue weighted by atomic mass is 10.1. The van der Waals surface area contributed by atoms with E-state index in [4.69, 9.17) is 0 Å². The van der Waals surface area contributed by atoms with Gasteiger partial charge in [0.15, 0.2) is 5.82 Å². The normalized spacial score (nSPS) is 21.1. The smallest absolute Gasteiger partial charge is 0.155 e. The summed E-state index contributed by atoms with van der Waals surface area (Å²) in [5, 5.41) is 7.47. The number of pyridine rings is 1. The molecule has 0 aliphatic carbocycles. The monoisotopic (exact) mass is 244 g/mol. The van der Waals surface area contributed by atoms with Gasteiger partial charge in [0.05, 0.1) is 0 Å². The summed E-state index contributed by atoms with van der Waals surface area (Å²) in [6.45, 7) is 3.09. The van der Waals surface area contributed by atoms with Crippen LogP contribution in [0.15, 0.2) is 31.0 Å². The molecule has 94 valence electrons. The molecule has 0 spiro atoms. The molecule has 0 aromatic carbocycles. The Morgan fingerprint density at radius 3 is 3.00 bits per heavy atom. The van der Waals surface area contributed by atoms with E-state index in [9.17, 15) is 0 Å². The minimum absolute atomic E-state index is 0.399. The van der Waals surface area contributed by atoms with Crippen LogP contribution >= 0.6 is 0 Å². The summed E-state index contributed by atoms with van der Waals surface area (Å²) in [7, 11) is 2.15. The third-order valence-corrected chi connectivity index (χ3v) is 3.32. The van der Waals surface area contributed by atoms with Gasteiger partial charge in [-0.25, -0.2) is 14.6 Å². The third-order valence-electron chi connectivity index (χ3n) is 3.32. The second-order valence-corrected chi connectivity index (χ2v) is 4.49. The van der Waals surface area contributed by atoms with Crippen molar-refractivity contribution in [2.45, 2.75) is 6.04 Å². The number of likely N-dealkylation sites (N-methyl/N-ethyl adjacent to an activating group) is 1. The molecular weight excluding hydrogens is 228 g/mol. The lowest BCUT2D eigenvalue weighted by molar-refractivity contribution is 0.202. The molecule has 2 aromatic heterocycles. The summed E-state index contributed by atoms with van der Waals surface area (Å²) in [5.41, 5.74) is 1.23. The lowest BCUT2D eigenvalue weighted by Crippen LogP contribution is -2.43. The summed E-state index contributed by atoms with van der Waals surface area (Å²) in [5.74, 6) is 0.794. The van der Waals surface area contributed by atoms with E-state index in [1.165, 1.54) is 11.9 Å². The van der Waals surface area contributed by atoms with Gasteiger partial charge in [-0.2, -0.15) is 5.10 Å². The fourth-order valence-electron chi connectivity index (χ4n) is 2.23. The summed E-state index contributed by atoms with van der Waals surface area (Å²) < 4.78 is 1.66. The van der Waals surface area contributed by atoms with Gasteiger partial charge in [-0.05, 0) is 18.7 Å². The second kappa shape index (κ2) is 4.83. The molecule has 3 heterocycles. The van der Waals surface area contributed by atoms with Crippen molar-refractivity contribution in [3.05, 3.63) is 36.5 Å². The van der Waals surface area contributed by atoms with Gasteiger partial charge in [0.2, 0.25) is 0 Å². The summed E-state index contributed by atoms with van der Waals surface area (Å²) in [6.07, 6.45) is 5.08. The first-order valence-electron chi connectivity index (χ1n) is 6.06. The van der Waals surface area contributed by atoms with E-state index in [0.29, 0.717) is 6.04 Å². The highest BCUT2D eigenvalue weighted by atomic mass is 15.3. The van der Waals surface area contributed by atoms with Gasteiger partial charge < -0.3 is 5.32 Å². The van der Waals surface area contributed by atoms with E-state index >= 15 is 0 Å². The van der Waals surface area contributed by atoms with Crippen LogP contribution in [0, 0.1) is 0 Å². The molecule has 1 unspecified atom stereocenters.